The molecule has 0 N–H and O–H groups in total. The minimum Gasteiger partial charge on any atom is -0.0917 e. The molecule has 0 aliphatic carbocycles. The monoisotopic (exact) mass is 154 g/mol. The molecule has 0 radical (unpaired) electrons. The van der Waals surface area contributed by atoms with E-state index in [9.17, 15) is 0 Å². The molecule has 0 fully saturated rings. The lowest BCUT2D eigenvalue weighted by Crippen LogP contribution is -2.08. The Morgan fingerprint density at radius 3 is 2.36 bits per heavy atom. The third kappa shape index (κ3) is 6.15. The summed E-state index contributed by atoms with van der Waals surface area (Å²) in [6.07, 6.45) is 9.63. The summed E-state index contributed by atoms with van der Waals surface area (Å²) < 4.78 is 0. The Morgan fingerprint density at radius 1 is 1.27 bits per heavy atom. The van der Waals surface area contributed by atoms with Crippen LogP contribution in [0.1, 0.15) is 53.4 Å². The molecule has 0 unspecified atom stereocenters. The molecule has 0 saturated carbocycles. The Labute approximate surface area is 71.7 Å². The van der Waals surface area contributed by atoms with Gasteiger partial charge in [0.1, 0.15) is 0 Å². The van der Waals surface area contributed by atoms with Crippen molar-refractivity contribution < 1.29 is 0 Å². The first kappa shape index (κ1) is 10.7. The second-order valence-corrected chi connectivity index (χ2v) is 3.98. The maximum Gasteiger partial charge on any atom is -0.0351 e. The van der Waals surface area contributed by atoms with Gasteiger partial charge in [0.05, 0.1) is 0 Å². The van der Waals surface area contributed by atoms with Gasteiger partial charge in [0.2, 0.25) is 0 Å². The van der Waals surface area contributed by atoms with Crippen molar-refractivity contribution in [3.05, 3.63) is 12.2 Å². The van der Waals surface area contributed by atoms with Gasteiger partial charge in [-0.25, -0.2) is 0 Å². The summed E-state index contributed by atoms with van der Waals surface area (Å²) in [6.45, 7) is 9.06. The Balaban J connectivity index is 3.37. The summed E-state index contributed by atoms with van der Waals surface area (Å²) in [5, 5.41) is 0. The van der Waals surface area contributed by atoms with Crippen LogP contribution in [0.3, 0.4) is 0 Å². The Morgan fingerprint density at radius 2 is 1.91 bits per heavy atom. The van der Waals surface area contributed by atoms with Gasteiger partial charge < -0.3 is 0 Å². The predicted octanol–water partition coefficient (Wildman–Crippen LogP) is 4.17. The average molecular weight is 154 g/mol. The molecule has 66 valence electrons. The van der Waals surface area contributed by atoms with Gasteiger partial charge in [-0.2, -0.15) is 0 Å². The van der Waals surface area contributed by atoms with Crippen molar-refractivity contribution in [2.24, 2.45) is 5.41 Å². The predicted molar refractivity (Wildman–Crippen MR) is 52.7 cm³/mol. The maximum atomic E-state index is 2.35. The average Bonchev–Trinajstić information content (AvgIpc) is 1.99. The van der Waals surface area contributed by atoms with Crippen LogP contribution in [0.15, 0.2) is 12.2 Å². The number of allylic oxidation sites excluding steroid dienone is 2. The first-order valence-corrected chi connectivity index (χ1v) is 4.73. The molecule has 0 aromatic heterocycles. The van der Waals surface area contributed by atoms with E-state index in [1.165, 1.54) is 25.7 Å². The van der Waals surface area contributed by atoms with Crippen molar-refractivity contribution in [1.29, 1.82) is 0 Å². The van der Waals surface area contributed by atoms with Crippen LogP contribution in [-0.2, 0) is 0 Å². The second kappa shape index (κ2) is 5.40. The van der Waals surface area contributed by atoms with E-state index in [1.807, 2.05) is 0 Å². The molecule has 0 aliphatic rings. The van der Waals surface area contributed by atoms with E-state index in [0.29, 0.717) is 5.41 Å². The van der Waals surface area contributed by atoms with Gasteiger partial charge in [0.25, 0.3) is 0 Å². The Hall–Kier alpha value is -0.260. The van der Waals surface area contributed by atoms with Gasteiger partial charge in [0.15, 0.2) is 0 Å². The van der Waals surface area contributed by atoms with Gasteiger partial charge in [-0.05, 0) is 31.6 Å². The molecule has 0 rings (SSSR count). The first-order valence-electron chi connectivity index (χ1n) is 4.73. The minimum atomic E-state index is 0.557. The normalized spacial score (nSPS) is 12.7. The van der Waals surface area contributed by atoms with E-state index in [1.54, 1.807) is 0 Å². The fourth-order valence-corrected chi connectivity index (χ4v) is 1.04. The molecule has 0 aliphatic heterocycles. The van der Waals surface area contributed by atoms with E-state index in [0.717, 1.165) is 0 Å². The highest BCUT2D eigenvalue weighted by Crippen LogP contribution is 2.26. The lowest BCUT2D eigenvalue weighted by molar-refractivity contribution is 0.314. The molecule has 0 bridgehead atoms. The number of hydrogen-bond donors (Lipinski definition) is 0. The van der Waals surface area contributed by atoms with Crippen molar-refractivity contribution in [3.8, 4) is 0 Å². The van der Waals surface area contributed by atoms with Crippen molar-refractivity contribution in [2.45, 2.75) is 53.4 Å². The molecule has 0 heteroatoms. The first-order chi connectivity index (χ1) is 5.12. The number of rotatable bonds is 5. The lowest BCUT2D eigenvalue weighted by Gasteiger charge is -2.21. The Kier molecular flexibility index (Phi) is 5.27. The zero-order valence-electron chi connectivity index (χ0n) is 8.48. The Bertz CT molecular complexity index is 109. The lowest BCUT2D eigenvalue weighted by atomic mass is 9.85. The maximum absolute atomic E-state index is 2.35. The summed E-state index contributed by atoms with van der Waals surface area (Å²) in [4.78, 5) is 0. The second-order valence-electron chi connectivity index (χ2n) is 3.98. The highest BCUT2D eigenvalue weighted by atomic mass is 14.2. The van der Waals surface area contributed by atoms with Gasteiger partial charge in [-0.3, -0.25) is 0 Å². The topological polar surface area (TPSA) is 0 Å². The van der Waals surface area contributed by atoms with Crippen molar-refractivity contribution in [3.63, 3.8) is 0 Å². The molecule has 0 spiro atoms. The fraction of sp³-hybridized carbons (Fsp3) is 0.818. The molecule has 0 nitrogen and oxygen atoms in total. The van der Waals surface area contributed by atoms with Crippen LogP contribution in [0.2, 0.25) is 0 Å². The van der Waals surface area contributed by atoms with Crippen molar-refractivity contribution >= 4 is 0 Å². The highest BCUT2D eigenvalue weighted by molar-refractivity contribution is 4.77. The van der Waals surface area contributed by atoms with Crippen LogP contribution in [0, 0.1) is 5.41 Å². The van der Waals surface area contributed by atoms with E-state index >= 15 is 0 Å². The van der Waals surface area contributed by atoms with Crippen LogP contribution < -0.4 is 0 Å². The van der Waals surface area contributed by atoms with Gasteiger partial charge in [-0.1, -0.05) is 39.3 Å². The van der Waals surface area contributed by atoms with Crippen molar-refractivity contribution in [2.75, 3.05) is 0 Å². The SMILES string of the molecule is C/C=C/CCCC(C)(C)CC. The molecule has 0 aromatic rings. The standard InChI is InChI=1S/C11H22/c1-5-7-8-9-10-11(3,4)6-2/h5,7H,6,8-10H2,1-4H3/b7-5+. The van der Waals surface area contributed by atoms with Crippen LogP contribution in [0.25, 0.3) is 0 Å². The van der Waals surface area contributed by atoms with E-state index in [2.05, 4.69) is 39.8 Å². The van der Waals surface area contributed by atoms with E-state index in [4.69, 9.17) is 0 Å². The summed E-state index contributed by atoms with van der Waals surface area (Å²) in [6, 6.07) is 0. The van der Waals surface area contributed by atoms with Crippen LogP contribution >= 0.6 is 0 Å². The zero-order valence-corrected chi connectivity index (χ0v) is 8.48. The van der Waals surface area contributed by atoms with Crippen LogP contribution in [0.4, 0.5) is 0 Å². The fourth-order valence-electron chi connectivity index (χ4n) is 1.04. The molecule has 0 heterocycles. The highest BCUT2D eigenvalue weighted by Gasteiger charge is 2.12. The molecule has 11 heavy (non-hydrogen) atoms. The summed E-state index contributed by atoms with van der Waals surface area (Å²) in [5.74, 6) is 0. The third-order valence-electron chi connectivity index (χ3n) is 2.42. The molecule has 0 atom stereocenters. The summed E-state index contributed by atoms with van der Waals surface area (Å²) in [5.41, 5.74) is 0.557. The number of unbranched alkanes of at least 4 members (excludes halogenated alkanes) is 1. The molecular weight excluding hydrogens is 132 g/mol. The van der Waals surface area contributed by atoms with Gasteiger partial charge in [-0.15, -0.1) is 0 Å². The van der Waals surface area contributed by atoms with Gasteiger partial charge in [0, 0.05) is 0 Å². The van der Waals surface area contributed by atoms with Crippen molar-refractivity contribution in [1.82, 2.24) is 0 Å². The van der Waals surface area contributed by atoms with E-state index < -0.39 is 0 Å². The molecule has 0 saturated heterocycles. The zero-order chi connectivity index (χ0) is 8.74. The third-order valence-corrected chi connectivity index (χ3v) is 2.42. The summed E-state index contributed by atoms with van der Waals surface area (Å²) in [7, 11) is 0. The largest absolute Gasteiger partial charge is 0.0917 e. The van der Waals surface area contributed by atoms with Gasteiger partial charge >= 0.3 is 0 Å². The smallest absolute Gasteiger partial charge is 0.0351 e. The molecular formula is C11H22. The molecule has 0 amide bonds. The van der Waals surface area contributed by atoms with Crippen LogP contribution in [-0.4, -0.2) is 0 Å². The quantitative estimate of drug-likeness (QED) is 0.412. The minimum absolute atomic E-state index is 0.557. The summed E-state index contributed by atoms with van der Waals surface area (Å²) >= 11 is 0. The van der Waals surface area contributed by atoms with Crippen LogP contribution in [0.5, 0.6) is 0 Å². The van der Waals surface area contributed by atoms with E-state index in [-0.39, 0.29) is 0 Å². The molecule has 0 aromatic carbocycles. The number of hydrogen-bond acceptors (Lipinski definition) is 0.